The average molecular weight is 217 g/mol. The Kier molecular flexibility index (Phi) is 3.70. The predicted octanol–water partition coefficient (Wildman–Crippen LogP) is 0.850. The minimum absolute atomic E-state index is 0.00373. The maximum absolute atomic E-state index is 11.3. The first-order valence-corrected chi connectivity index (χ1v) is 5.67. The van der Waals surface area contributed by atoms with Crippen LogP contribution in [0.25, 0.3) is 0 Å². The van der Waals surface area contributed by atoms with Gasteiger partial charge in [0.15, 0.2) is 0 Å². The topological polar surface area (TPSA) is 32.3 Å². The fraction of sp³-hybridized carbons (Fsp3) is 0.462. The molecule has 0 aromatic heterocycles. The smallest absolute Gasteiger partial charge is 0.147 e. The van der Waals surface area contributed by atoms with Crippen molar-refractivity contribution in [2.45, 2.75) is 19.5 Å². The van der Waals surface area contributed by atoms with Crippen LogP contribution in [-0.2, 0) is 11.3 Å². The minimum atomic E-state index is 0.00373. The van der Waals surface area contributed by atoms with Crippen LogP contribution in [0.3, 0.4) is 0 Å². The fourth-order valence-corrected chi connectivity index (χ4v) is 2.01. The Balaban J connectivity index is 1.93. The molecule has 1 aromatic carbocycles. The van der Waals surface area contributed by atoms with Crippen LogP contribution < -0.4 is 5.32 Å². The monoisotopic (exact) mass is 217 g/mol. The first-order chi connectivity index (χ1) is 7.75. The first-order valence-electron chi connectivity index (χ1n) is 5.67. The third-order valence-corrected chi connectivity index (χ3v) is 2.94. The summed E-state index contributed by atoms with van der Waals surface area (Å²) in [6.45, 7) is 5.28. The highest BCUT2D eigenvalue weighted by molar-refractivity contribution is 5.81. The van der Waals surface area contributed by atoms with Crippen LogP contribution in [0.15, 0.2) is 24.3 Å². The molecular formula is C13H17N2O. The highest BCUT2D eigenvalue weighted by atomic mass is 16.1. The Morgan fingerprint density at radius 1 is 1.56 bits per heavy atom. The molecule has 0 aliphatic carbocycles. The van der Waals surface area contributed by atoms with E-state index in [4.69, 9.17) is 0 Å². The second kappa shape index (κ2) is 5.23. The van der Waals surface area contributed by atoms with Crippen LogP contribution in [0, 0.1) is 6.07 Å². The van der Waals surface area contributed by atoms with Crippen LogP contribution in [0.4, 0.5) is 0 Å². The van der Waals surface area contributed by atoms with E-state index in [1.165, 1.54) is 5.56 Å². The van der Waals surface area contributed by atoms with Crippen molar-refractivity contribution < 1.29 is 4.79 Å². The van der Waals surface area contributed by atoms with Gasteiger partial charge in [0.25, 0.3) is 0 Å². The summed E-state index contributed by atoms with van der Waals surface area (Å²) in [7, 11) is 0. The van der Waals surface area contributed by atoms with Crippen molar-refractivity contribution >= 4 is 5.78 Å². The fourth-order valence-electron chi connectivity index (χ4n) is 2.01. The molecule has 0 spiro atoms. The number of rotatable bonds is 3. The van der Waals surface area contributed by atoms with E-state index in [1.807, 2.05) is 12.1 Å². The maximum Gasteiger partial charge on any atom is 0.147 e. The molecule has 3 nitrogen and oxygen atoms in total. The van der Waals surface area contributed by atoms with Gasteiger partial charge in [0.2, 0.25) is 0 Å². The van der Waals surface area contributed by atoms with Gasteiger partial charge in [0.05, 0.1) is 6.04 Å². The van der Waals surface area contributed by atoms with E-state index < -0.39 is 0 Å². The first kappa shape index (κ1) is 11.3. The van der Waals surface area contributed by atoms with Gasteiger partial charge in [0.1, 0.15) is 5.78 Å². The third-order valence-electron chi connectivity index (χ3n) is 2.94. The molecule has 0 saturated carbocycles. The van der Waals surface area contributed by atoms with Crippen LogP contribution in [-0.4, -0.2) is 36.4 Å². The average Bonchev–Trinajstić information content (AvgIpc) is 2.30. The zero-order valence-electron chi connectivity index (χ0n) is 9.57. The van der Waals surface area contributed by atoms with Gasteiger partial charge in [-0.25, -0.2) is 0 Å². The van der Waals surface area contributed by atoms with Crippen molar-refractivity contribution in [1.29, 1.82) is 0 Å². The summed E-state index contributed by atoms with van der Waals surface area (Å²) in [6, 6.07) is 11.0. The predicted molar refractivity (Wildman–Crippen MR) is 63.0 cm³/mol. The number of Topliss-reactive ketones (excluding diaryl/α,β-unsaturated/α-hetero) is 1. The number of hydrogen-bond donors (Lipinski definition) is 1. The van der Waals surface area contributed by atoms with E-state index in [1.54, 1.807) is 6.92 Å². The van der Waals surface area contributed by atoms with E-state index in [0.717, 1.165) is 26.2 Å². The molecule has 0 bridgehead atoms. The lowest BCUT2D eigenvalue weighted by molar-refractivity contribution is -0.120. The Hall–Kier alpha value is -1.19. The lowest BCUT2D eigenvalue weighted by Crippen LogP contribution is -2.53. The Morgan fingerprint density at radius 3 is 3.00 bits per heavy atom. The lowest BCUT2D eigenvalue weighted by atomic mass is 10.1. The number of nitrogens with zero attached hydrogens (tertiary/aromatic N) is 1. The van der Waals surface area contributed by atoms with Crippen LogP contribution in [0.1, 0.15) is 12.5 Å². The number of hydrogen-bond acceptors (Lipinski definition) is 3. The number of carbonyl (C=O) groups excluding carboxylic acids is 1. The maximum atomic E-state index is 11.3. The number of ketones is 1. The van der Waals surface area contributed by atoms with E-state index in [0.29, 0.717) is 0 Å². The summed E-state index contributed by atoms with van der Waals surface area (Å²) in [5.41, 5.74) is 1.28. The standard InChI is InChI=1S/C13H17N2O/c1-11(16)13-10-15(8-7-14-13)9-12-5-3-2-4-6-12/h3-6,13-14H,7-10H2,1H3. The van der Waals surface area contributed by atoms with Crippen molar-refractivity contribution in [2.75, 3.05) is 19.6 Å². The molecule has 1 aliphatic rings. The SMILES string of the molecule is CC(=O)C1CN(Cc2cc[c]cc2)CCN1. The molecule has 3 heteroatoms. The normalized spacial score (nSPS) is 21.9. The van der Waals surface area contributed by atoms with Crippen molar-refractivity contribution in [3.05, 3.63) is 35.9 Å². The van der Waals surface area contributed by atoms with Gasteiger partial charge in [-0.3, -0.25) is 9.69 Å². The van der Waals surface area contributed by atoms with Crippen molar-refractivity contribution in [3.63, 3.8) is 0 Å². The van der Waals surface area contributed by atoms with E-state index in [9.17, 15) is 4.79 Å². The van der Waals surface area contributed by atoms with Gasteiger partial charge < -0.3 is 5.32 Å². The molecule has 16 heavy (non-hydrogen) atoms. The van der Waals surface area contributed by atoms with Gasteiger partial charge in [-0.15, -0.1) is 0 Å². The van der Waals surface area contributed by atoms with Crippen LogP contribution >= 0.6 is 0 Å². The third kappa shape index (κ3) is 2.90. The Morgan fingerprint density at radius 2 is 2.31 bits per heavy atom. The minimum Gasteiger partial charge on any atom is -0.305 e. The molecule has 1 N–H and O–H groups in total. The van der Waals surface area contributed by atoms with Gasteiger partial charge in [0, 0.05) is 26.2 Å². The lowest BCUT2D eigenvalue weighted by Gasteiger charge is -2.32. The highest BCUT2D eigenvalue weighted by Crippen LogP contribution is 2.07. The molecule has 1 atom stereocenters. The van der Waals surface area contributed by atoms with Crippen molar-refractivity contribution in [1.82, 2.24) is 10.2 Å². The van der Waals surface area contributed by atoms with Gasteiger partial charge in [-0.05, 0) is 18.6 Å². The van der Waals surface area contributed by atoms with E-state index >= 15 is 0 Å². The molecular weight excluding hydrogens is 200 g/mol. The summed E-state index contributed by atoms with van der Waals surface area (Å²) in [5.74, 6) is 0.228. The molecule has 85 valence electrons. The molecule has 1 radical (unpaired) electrons. The zero-order chi connectivity index (χ0) is 11.4. The second-order valence-electron chi connectivity index (χ2n) is 4.26. The molecule has 1 saturated heterocycles. The van der Waals surface area contributed by atoms with Gasteiger partial charge in [-0.2, -0.15) is 0 Å². The molecule has 1 aliphatic heterocycles. The summed E-state index contributed by atoms with van der Waals surface area (Å²) in [5, 5.41) is 3.24. The Labute approximate surface area is 96.5 Å². The van der Waals surface area contributed by atoms with Crippen molar-refractivity contribution in [2.24, 2.45) is 0 Å². The highest BCUT2D eigenvalue weighted by Gasteiger charge is 2.22. The molecule has 1 heterocycles. The number of piperazine rings is 1. The van der Waals surface area contributed by atoms with Gasteiger partial charge >= 0.3 is 0 Å². The number of benzene rings is 1. The molecule has 0 amide bonds. The Bertz CT molecular complexity index is 350. The quantitative estimate of drug-likeness (QED) is 0.814. The summed E-state index contributed by atoms with van der Waals surface area (Å²) in [4.78, 5) is 13.6. The van der Waals surface area contributed by atoms with E-state index in [-0.39, 0.29) is 11.8 Å². The number of nitrogens with one attached hydrogen (secondary N) is 1. The van der Waals surface area contributed by atoms with Crippen LogP contribution in [0.5, 0.6) is 0 Å². The number of carbonyl (C=O) groups is 1. The summed E-state index contributed by atoms with van der Waals surface area (Å²) < 4.78 is 0. The van der Waals surface area contributed by atoms with Crippen molar-refractivity contribution in [3.8, 4) is 0 Å². The summed E-state index contributed by atoms with van der Waals surface area (Å²) in [6.07, 6.45) is 0. The second-order valence-corrected chi connectivity index (χ2v) is 4.26. The largest absolute Gasteiger partial charge is 0.305 e. The molecule has 1 fully saturated rings. The molecule has 1 aromatic rings. The molecule has 2 rings (SSSR count). The van der Waals surface area contributed by atoms with Gasteiger partial charge in [-0.1, -0.05) is 24.3 Å². The summed E-state index contributed by atoms with van der Waals surface area (Å²) >= 11 is 0. The van der Waals surface area contributed by atoms with E-state index in [2.05, 4.69) is 28.4 Å². The zero-order valence-corrected chi connectivity index (χ0v) is 9.57. The van der Waals surface area contributed by atoms with Crippen LogP contribution in [0.2, 0.25) is 0 Å². The molecule has 1 unspecified atom stereocenters.